The first-order valence-electron chi connectivity index (χ1n) is 4.21. The molecule has 0 fully saturated rings. The Hall–Kier alpha value is -0.810. The number of nitrogens with zero attached hydrogens (tertiary/aromatic N) is 1. The van der Waals surface area contributed by atoms with Crippen LogP contribution in [0.1, 0.15) is 24.4 Å². The van der Waals surface area contributed by atoms with E-state index in [0.29, 0.717) is 5.56 Å². The molecule has 0 aromatic carbocycles. The van der Waals surface area contributed by atoms with E-state index in [1.165, 1.54) is 6.20 Å². The van der Waals surface area contributed by atoms with Crippen LogP contribution >= 0.6 is 12.4 Å². The van der Waals surface area contributed by atoms with Crippen molar-refractivity contribution in [2.24, 2.45) is 5.73 Å². The number of nitrogens with two attached hydrogens (primary N) is 1. The molecule has 0 saturated heterocycles. The lowest BCUT2D eigenvalue weighted by Crippen LogP contribution is -2.15. The second-order valence-electron chi connectivity index (χ2n) is 3.05. The molecule has 0 aliphatic carbocycles. The van der Waals surface area contributed by atoms with Gasteiger partial charge in [0.25, 0.3) is 0 Å². The van der Waals surface area contributed by atoms with E-state index in [1.807, 2.05) is 0 Å². The van der Waals surface area contributed by atoms with Gasteiger partial charge in [0, 0.05) is 24.9 Å². The van der Waals surface area contributed by atoms with E-state index in [9.17, 15) is 13.2 Å². The normalized spacial score (nSPS) is 13.1. The van der Waals surface area contributed by atoms with Gasteiger partial charge in [-0.15, -0.1) is 12.4 Å². The van der Waals surface area contributed by atoms with Gasteiger partial charge in [-0.2, -0.15) is 13.2 Å². The lowest BCUT2D eigenvalue weighted by Gasteiger charge is -2.12. The Labute approximate surface area is 92.1 Å². The maximum absolute atomic E-state index is 11.9. The summed E-state index contributed by atoms with van der Waals surface area (Å²) >= 11 is 0. The molecule has 0 saturated carbocycles. The van der Waals surface area contributed by atoms with Crippen LogP contribution in [0.25, 0.3) is 0 Å². The zero-order valence-electron chi connectivity index (χ0n) is 7.87. The Morgan fingerprint density at radius 1 is 1.40 bits per heavy atom. The third kappa shape index (κ3) is 5.59. The minimum absolute atomic E-state index is 0. The molecule has 1 rings (SSSR count). The summed E-state index contributed by atoms with van der Waals surface area (Å²) in [5.74, 6) is 0. The molecule has 1 aromatic rings. The van der Waals surface area contributed by atoms with E-state index < -0.39 is 18.6 Å². The highest BCUT2D eigenvalue weighted by molar-refractivity contribution is 5.85. The highest BCUT2D eigenvalue weighted by Gasteiger charge is 2.27. The minimum atomic E-state index is -4.14. The van der Waals surface area contributed by atoms with Crippen LogP contribution in [0.5, 0.6) is 0 Å². The first-order valence-corrected chi connectivity index (χ1v) is 4.21. The highest BCUT2D eigenvalue weighted by atomic mass is 35.5. The van der Waals surface area contributed by atoms with Gasteiger partial charge in [-0.3, -0.25) is 4.98 Å². The minimum Gasteiger partial charge on any atom is -0.324 e. The zero-order chi connectivity index (χ0) is 10.6. The number of hydrogen-bond donors (Lipinski definition) is 1. The largest absolute Gasteiger partial charge is 0.389 e. The fourth-order valence-electron chi connectivity index (χ4n) is 1.08. The summed E-state index contributed by atoms with van der Waals surface area (Å²) in [5.41, 5.74) is 6.20. The summed E-state index contributed by atoms with van der Waals surface area (Å²) < 4.78 is 35.6. The summed E-state index contributed by atoms with van der Waals surface area (Å²) in [4.78, 5) is 3.79. The molecule has 1 aromatic heterocycles. The average Bonchev–Trinajstić information content (AvgIpc) is 2.14. The summed E-state index contributed by atoms with van der Waals surface area (Å²) in [6.07, 6.45) is -2.06. The third-order valence-corrected chi connectivity index (χ3v) is 1.85. The first kappa shape index (κ1) is 14.2. The lowest BCUT2D eigenvalue weighted by atomic mass is 10.1. The van der Waals surface area contributed by atoms with Crippen molar-refractivity contribution in [1.29, 1.82) is 0 Å². The van der Waals surface area contributed by atoms with E-state index in [-0.39, 0.29) is 18.8 Å². The SMILES string of the molecule is Cl.N[C@H](CCC(F)(F)F)c1cccnc1. The standard InChI is InChI=1S/C9H11F3N2.ClH/c10-9(11,12)4-3-8(13)7-2-1-5-14-6-7;/h1-2,5-6,8H,3-4,13H2;1H/t8-;/m1./s1. The van der Waals surface area contributed by atoms with Crippen LogP contribution in [-0.4, -0.2) is 11.2 Å². The molecule has 0 amide bonds. The maximum atomic E-state index is 11.9. The molecule has 86 valence electrons. The smallest absolute Gasteiger partial charge is 0.324 e. The van der Waals surface area contributed by atoms with Crippen LogP contribution in [0.3, 0.4) is 0 Å². The lowest BCUT2D eigenvalue weighted by molar-refractivity contribution is -0.136. The van der Waals surface area contributed by atoms with E-state index in [1.54, 1.807) is 18.3 Å². The van der Waals surface area contributed by atoms with Crippen molar-refractivity contribution in [3.8, 4) is 0 Å². The quantitative estimate of drug-likeness (QED) is 0.882. The number of rotatable bonds is 3. The summed E-state index contributed by atoms with van der Waals surface area (Å²) in [5, 5.41) is 0. The molecule has 0 aliphatic heterocycles. The van der Waals surface area contributed by atoms with Gasteiger partial charge in [0.1, 0.15) is 0 Å². The predicted octanol–water partition coefficient (Wildman–Crippen LogP) is 2.85. The van der Waals surface area contributed by atoms with Gasteiger partial charge in [0.05, 0.1) is 0 Å². The van der Waals surface area contributed by atoms with Crippen LogP contribution in [-0.2, 0) is 0 Å². The molecule has 0 bridgehead atoms. The zero-order valence-corrected chi connectivity index (χ0v) is 8.68. The molecule has 1 atom stereocenters. The van der Waals surface area contributed by atoms with Crippen LogP contribution < -0.4 is 5.73 Å². The topological polar surface area (TPSA) is 38.9 Å². The average molecular weight is 241 g/mol. The molecular formula is C9H12ClF3N2. The van der Waals surface area contributed by atoms with E-state index >= 15 is 0 Å². The molecule has 6 heteroatoms. The summed E-state index contributed by atoms with van der Waals surface area (Å²) in [6, 6.07) is 2.74. The molecule has 1 heterocycles. The number of aromatic nitrogens is 1. The Kier molecular flexibility index (Phi) is 5.60. The monoisotopic (exact) mass is 240 g/mol. The predicted molar refractivity (Wildman–Crippen MR) is 53.7 cm³/mol. The number of halogens is 4. The van der Waals surface area contributed by atoms with Gasteiger partial charge >= 0.3 is 6.18 Å². The van der Waals surface area contributed by atoms with Crippen molar-refractivity contribution in [3.63, 3.8) is 0 Å². The Bertz CT molecular complexity index is 276. The number of hydrogen-bond acceptors (Lipinski definition) is 2. The molecule has 2 N–H and O–H groups in total. The molecule has 15 heavy (non-hydrogen) atoms. The third-order valence-electron chi connectivity index (χ3n) is 1.85. The molecule has 0 radical (unpaired) electrons. The van der Waals surface area contributed by atoms with Crippen molar-refractivity contribution in [1.82, 2.24) is 4.98 Å². The Morgan fingerprint density at radius 2 is 2.07 bits per heavy atom. The van der Waals surface area contributed by atoms with Gasteiger partial charge in [-0.05, 0) is 18.1 Å². The van der Waals surface area contributed by atoms with Crippen molar-refractivity contribution in [2.45, 2.75) is 25.1 Å². The van der Waals surface area contributed by atoms with Gasteiger partial charge in [0.2, 0.25) is 0 Å². The van der Waals surface area contributed by atoms with Crippen molar-refractivity contribution < 1.29 is 13.2 Å². The number of alkyl halides is 3. The summed E-state index contributed by atoms with van der Waals surface area (Å²) in [7, 11) is 0. The van der Waals surface area contributed by atoms with Gasteiger partial charge in [-0.1, -0.05) is 6.07 Å². The molecular weight excluding hydrogens is 229 g/mol. The van der Waals surface area contributed by atoms with Crippen LogP contribution in [0.15, 0.2) is 24.5 Å². The fourth-order valence-corrected chi connectivity index (χ4v) is 1.08. The highest BCUT2D eigenvalue weighted by Crippen LogP contribution is 2.25. The van der Waals surface area contributed by atoms with Crippen LogP contribution in [0.4, 0.5) is 13.2 Å². The Morgan fingerprint density at radius 3 is 2.53 bits per heavy atom. The molecule has 0 unspecified atom stereocenters. The second kappa shape index (κ2) is 5.92. The van der Waals surface area contributed by atoms with Crippen LogP contribution in [0.2, 0.25) is 0 Å². The van der Waals surface area contributed by atoms with E-state index in [4.69, 9.17) is 5.73 Å². The van der Waals surface area contributed by atoms with Gasteiger partial charge in [0.15, 0.2) is 0 Å². The van der Waals surface area contributed by atoms with Crippen LogP contribution in [0, 0.1) is 0 Å². The van der Waals surface area contributed by atoms with Crippen molar-refractivity contribution in [2.75, 3.05) is 0 Å². The molecule has 0 aliphatic rings. The Balaban J connectivity index is 0.00000196. The van der Waals surface area contributed by atoms with Gasteiger partial charge in [-0.25, -0.2) is 0 Å². The number of pyridine rings is 1. The van der Waals surface area contributed by atoms with E-state index in [0.717, 1.165) is 0 Å². The van der Waals surface area contributed by atoms with Gasteiger partial charge < -0.3 is 5.73 Å². The first-order chi connectivity index (χ1) is 6.49. The molecule has 2 nitrogen and oxygen atoms in total. The van der Waals surface area contributed by atoms with Crippen molar-refractivity contribution in [3.05, 3.63) is 30.1 Å². The maximum Gasteiger partial charge on any atom is 0.389 e. The second-order valence-corrected chi connectivity index (χ2v) is 3.05. The summed E-state index contributed by atoms with van der Waals surface area (Å²) in [6.45, 7) is 0. The van der Waals surface area contributed by atoms with Crippen molar-refractivity contribution >= 4 is 12.4 Å². The fraction of sp³-hybridized carbons (Fsp3) is 0.444. The van der Waals surface area contributed by atoms with E-state index in [2.05, 4.69) is 4.98 Å². The molecule has 0 spiro atoms.